The second-order valence-electron chi connectivity index (χ2n) is 3.10. The largest absolute Gasteiger partial charge is 0.464 e. The van der Waals surface area contributed by atoms with Crippen molar-refractivity contribution >= 4 is 23.1 Å². The molecule has 0 saturated heterocycles. The summed E-state index contributed by atoms with van der Waals surface area (Å²) in [5.74, 6) is -0.542. The van der Waals surface area contributed by atoms with Crippen molar-refractivity contribution in [2.45, 2.75) is 6.92 Å². The number of nitro benzene ring substituents is 1. The Morgan fingerprint density at radius 1 is 1.41 bits per heavy atom. The molecular weight excluding hydrogens is 226 g/mol. The van der Waals surface area contributed by atoms with Gasteiger partial charge in [0.15, 0.2) is 0 Å². The minimum atomic E-state index is -0.542. The molecule has 0 atom stereocenters. The molecule has 1 aromatic carbocycles. The number of anilines is 1. The Kier molecular flexibility index (Phi) is 4.15. The van der Waals surface area contributed by atoms with E-state index >= 15 is 0 Å². The summed E-state index contributed by atoms with van der Waals surface area (Å²) in [5.41, 5.74) is 3.28. The number of hydrazone groups is 1. The molecule has 17 heavy (non-hydrogen) atoms. The Morgan fingerprint density at radius 3 is 2.47 bits per heavy atom. The lowest BCUT2D eigenvalue weighted by molar-refractivity contribution is -0.384. The third kappa shape index (κ3) is 3.56. The zero-order chi connectivity index (χ0) is 12.8. The summed E-state index contributed by atoms with van der Waals surface area (Å²) in [6.07, 6.45) is 0. The van der Waals surface area contributed by atoms with Crippen LogP contribution in [-0.4, -0.2) is 23.7 Å². The molecule has 0 heterocycles. The molecule has 0 bridgehead atoms. The van der Waals surface area contributed by atoms with Crippen LogP contribution in [0.1, 0.15) is 6.92 Å². The topological polar surface area (TPSA) is 93.8 Å². The second kappa shape index (κ2) is 5.59. The third-order valence-electron chi connectivity index (χ3n) is 1.91. The van der Waals surface area contributed by atoms with Gasteiger partial charge in [0.1, 0.15) is 5.71 Å². The second-order valence-corrected chi connectivity index (χ2v) is 3.10. The Morgan fingerprint density at radius 2 is 2.00 bits per heavy atom. The van der Waals surface area contributed by atoms with E-state index in [0.29, 0.717) is 5.69 Å². The summed E-state index contributed by atoms with van der Waals surface area (Å²) in [5, 5.41) is 14.2. The van der Waals surface area contributed by atoms with Gasteiger partial charge in [-0.15, -0.1) is 0 Å². The van der Waals surface area contributed by atoms with Crippen molar-refractivity contribution < 1.29 is 14.5 Å². The van der Waals surface area contributed by atoms with Crippen molar-refractivity contribution in [2.75, 3.05) is 12.5 Å². The first kappa shape index (κ1) is 12.6. The van der Waals surface area contributed by atoms with Gasteiger partial charge in [0, 0.05) is 12.1 Å². The van der Waals surface area contributed by atoms with Gasteiger partial charge in [-0.25, -0.2) is 4.79 Å². The van der Waals surface area contributed by atoms with E-state index in [1.807, 2.05) is 0 Å². The van der Waals surface area contributed by atoms with E-state index in [1.165, 1.54) is 38.3 Å². The molecule has 0 fully saturated rings. The quantitative estimate of drug-likeness (QED) is 0.371. The number of rotatable bonds is 4. The lowest BCUT2D eigenvalue weighted by atomic mass is 10.3. The van der Waals surface area contributed by atoms with E-state index < -0.39 is 10.9 Å². The Labute approximate surface area is 97.2 Å². The molecule has 7 heteroatoms. The summed E-state index contributed by atoms with van der Waals surface area (Å²) in [7, 11) is 1.26. The maximum Gasteiger partial charge on any atom is 0.353 e. The molecule has 0 saturated carbocycles. The highest BCUT2D eigenvalue weighted by molar-refractivity contribution is 6.35. The van der Waals surface area contributed by atoms with Gasteiger partial charge in [-0.3, -0.25) is 15.5 Å². The first-order chi connectivity index (χ1) is 8.04. The lowest BCUT2D eigenvalue weighted by Crippen LogP contribution is -2.13. The number of nitro groups is 1. The van der Waals surface area contributed by atoms with Crippen LogP contribution >= 0.6 is 0 Å². The molecule has 0 spiro atoms. The predicted octanol–water partition coefficient (Wildman–Crippen LogP) is 1.56. The molecule has 90 valence electrons. The van der Waals surface area contributed by atoms with Gasteiger partial charge in [0.25, 0.3) is 5.69 Å². The van der Waals surface area contributed by atoms with E-state index in [2.05, 4.69) is 15.3 Å². The number of nitrogens with one attached hydrogen (secondary N) is 1. The molecule has 1 rings (SSSR count). The molecule has 0 aliphatic rings. The fourth-order valence-electron chi connectivity index (χ4n) is 0.999. The maximum atomic E-state index is 11.0. The summed E-state index contributed by atoms with van der Waals surface area (Å²) in [4.78, 5) is 20.9. The third-order valence-corrected chi connectivity index (χ3v) is 1.91. The first-order valence-electron chi connectivity index (χ1n) is 4.67. The van der Waals surface area contributed by atoms with E-state index in [4.69, 9.17) is 0 Å². The number of esters is 1. The van der Waals surface area contributed by atoms with Gasteiger partial charge < -0.3 is 4.74 Å². The first-order valence-corrected chi connectivity index (χ1v) is 4.67. The van der Waals surface area contributed by atoms with Crippen molar-refractivity contribution in [1.82, 2.24) is 0 Å². The van der Waals surface area contributed by atoms with Gasteiger partial charge >= 0.3 is 5.97 Å². The van der Waals surface area contributed by atoms with Crippen LogP contribution in [0.3, 0.4) is 0 Å². The Hall–Kier alpha value is -2.44. The molecule has 0 aromatic heterocycles. The number of non-ortho nitro benzene ring substituents is 1. The minimum Gasteiger partial charge on any atom is -0.464 e. The molecule has 0 amide bonds. The zero-order valence-electron chi connectivity index (χ0n) is 9.34. The summed E-state index contributed by atoms with van der Waals surface area (Å²) in [6.45, 7) is 1.49. The number of hydrogen-bond donors (Lipinski definition) is 1. The summed E-state index contributed by atoms with van der Waals surface area (Å²) >= 11 is 0. The molecule has 0 aliphatic heterocycles. The smallest absolute Gasteiger partial charge is 0.353 e. The predicted molar refractivity (Wildman–Crippen MR) is 61.8 cm³/mol. The van der Waals surface area contributed by atoms with Gasteiger partial charge in [-0.05, 0) is 19.1 Å². The van der Waals surface area contributed by atoms with Gasteiger partial charge in [0.2, 0.25) is 0 Å². The standard InChI is InChI=1S/C10H11N3O4/c1-7(10(14)17-2)11-12-8-3-5-9(6-4-8)13(15)16/h3-6,12H,1-2H3/b11-7+. The average molecular weight is 237 g/mol. The van der Waals surface area contributed by atoms with Crippen LogP contribution in [0.4, 0.5) is 11.4 Å². The van der Waals surface area contributed by atoms with Crippen LogP contribution in [0.15, 0.2) is 29.4 Å². The van der Waals surface area contributed by atoms with Crippen LogP contribution in [-0.2, 0) is 9.53 Å². The summed E-state index contributed by atoms with van der Waals surface area (Å²) in [6, 6.07) is 5.66. The number of methoxy groups -OCH3 is 1. The number of carbonyl (C=O) groups is 1. The molecule has 1 N–H and O–H groups in total. The molecule has 7 nitrogen and oxygen atoms in total. The van der Waals surface area contributed by atoms with Crippen LogP contribution in [0.2, 0.25) is 0 Å². The molecule has 1 aromatic rings. The van der Waals surface area contributed by atoms with Gasteiger partial charge in [-0.1, -0.05) is 0 Å². The van der Waals surface area contributed by atoms with E-state index in [1.54, 1.807) is 0 Å². The fourth-order valence-corrected chi connectivity index (χ4v) is 0.999. The molecule has 0 aliphatic carbocycles. The molecular formula is C10H11N3O4. The van der Waals surface area contributed by atoms with Gasteiger partial charge in [0.05, 0.1) is 17.7 Å². The number of carbonyl (C=O) groups excluding carboxylic acids is 1. The highest BCUT2D eigenvalue weighted by Crippen LogP contribution is 2.15. The van der Waals surface area contributed by atoms with Crippen LogP contribution in [0.25, 0.3) is 0 Å². The number of benzene rings is 1. The Balaban J connectivity index is 2.70. The van der Waals surface area contributed by atoms with Crippen LogP contribution in [0.5, 0.6) is 0 Å². The Bertz CT molecular complexity index is 453. The summed E-state index contributed by atoms with van der Waals surface area (Å²) < 4.78 is 4.45. The monoisotopic (exact) mass is 237 g/mol. The zero-order valence-corrected chi connectivity index (χ0v) is 9.34. The van der Waals surface area contributed by atoms with Crippen molar-refractivity contribution in [1.29, 1.82) is 0 Å². The average Bonchev–Trinajstić information content (AvgIpc) is 2.35. The minimum absolute atomic E-state index is 0.00998. The number of nitrogens with zero attached hydrogens (tertiary/aromatic N) is 2. The lowest BCUT2D eigenvalue weighted by Gasteiger charge is -2.01. The van der Waals surface area contributed by atoms with Crippen LogP contribution < -0.4 is 5.43 Å². The SMILES string of the molecule is COC(=O)/C(C)=N/Nc1ccc([N+](=O)[O-])cc1. The molecule has 0 radical (unpaired) electrons. The fraction of sp³-hybridized carbons (Fsp3) is 0.200. The maximum absolute atomic E-state index is 11.0. The van der Waals surface area contributed by atoms with Crippen molar-refractivity contribution in [3.05, 3.63) is 34.4 Å². The highest BCUT2D eigenvalue weighted by atomic mass is 16.6. The van der Waals surface area contributed by atoms with Crippen molar-refractivity contribution in [2.24, 2.45) is 5.10 Å². The van der Waals surface area contributed by atoms with E-state index in [-0.39, 0.29) is 11.4 Å². The van der Waals surface area contributed by atoms with Crippen LogP contribution in [0, 0.1) is 10.1 Å². The number of ether oxygens (including phenoxy) is 1. The van der Waals surface area contributed by atoms with Crippen molar-refractivity contribution in [3.8, 4) is 0 Å². The number of hydrogen-bond acceptors (Lipinski definition) is 6. The van der Waals surface area contributed by atoms with Gasteiger partial charge in [-0.2, -0.15) is 5.10 Å². The van der Waals surface area contributed by atoms with E-state index in [0.717, 1.165) is 0 Å². The molecule has 0 unspecified atom stereocenters. The normalized spacial score (nSPS) is 10.8. The van der Waals surface area contributed by atoms with Crippen molar-refractivity contribution in [3.63, 3.8) is 0 Å². The van der Waals surface area contributed by atoms with E-state index in [9.17, 15) is 14.9 Å². The highest BCUT2D eigenvalue weighted by Gasteiger charge is 2.05.